The average Bonchev–Trinajstić information content (AvgIpc) is 3.39. The Morgan fingerprint density at radius 2 is 1.59 bits per heavy atom. The van der Waals surface area contributed by atoms with Crippen LogP contribution in [0.1, 0.15) is 48.5 Å². The molecule has 3 aromatic carbocycles. The van der Waals surface area contributed by atoms with Gasteiger partial charge < -0.3 is 15.0 Å². The molecule has 0 aliphatic heterocycles. The van der Waals surface area contributed by atoms with Crippen molar-refractivity contribution in [2.75, 3.05) is 20.2 Å². The molecule has 7 nitrogen and oxygen atoms in total. The monoisotopic (exact) mass is 546 g/mol. The SMILES string of the molecule is COc1ccc(S(=O)(=O)NCCc2ccc(C(C)(C)NCCCc3ncc(Cc4ccccc4)[nH]3)cc2)cc1. The zero-order valence-electron chi connectivity index (χ0n) is 22.9. The molecule has 0 saturated heterocycles. The summed E-state index contributed by atoms with van der Waals surface area (Å²) in [5.41, 5.74) is 4.50. The van der Waals surface area contributed by atoms with Crippen LogP contribution in [0.5, 0.6) is 5.75 Å². The summed E-state index contributed by atoms with van der Waals surface area (Å²) >= 11 is 0. The van der Waals surface area contributed by atoms with Crippen molar-refractivity contribution in [2.45, 2.75) is 50.0 Å². The van der Waals surface area contributed by atoms with E-state index in [4.69, 9.17) is 4.74 Å². The summed E-state index contributed by atoms with van der Waals surface area (Å²) in [6.45, 7) is 5.55. The number of nitrogens with zero attached hydrogens (tertiary/aromatic N) is 1. The normalized spacial score (nSPS) is 12.0. The molecular formula is C31H38N4O3S. The van der Waals surface area contributed by atoms with E-state index in [0.717, 1.165) is 42.9 Å². The van der Waals surface area contributed by atoms with E-state index in [1.165, 1.54) is 11.1 Å². The first-order valence-corrected chi connectivity index (χ1v) is 14.8. The van der Waals surface area contributed by atoms with Crippen LogP contribution in [0.25, 0.3) is 0 Å². The van der Waals surface area contributed by atoms with Gasteiger partial charge in [-0.3, -0.25) is 0 Å². The van der Waals surface area contributed by atoms with Crippen molar-refractivity contribution in [1.29, 1.82) is 0 Å². The number of imidazole rings is 1. The molecule has 0 bridgehead atoms. The summed E-state index contributed by atoms with van der Waals surface area (Å²) in [5, 5.41) is 3.66. The Labute approximate surface area is 232 Å². The Kier molecular flexibility index (Phi) is 9.56. The molecule has 0 aliphatic carbocycles. The quantitative estimate of drug-likeness (QED) is 0.194. The molecule has 4 rings (SSSR count). The summed E-state index contributed by atoms with van der Waals surface area (Å²) in [6, 6.07) is 25.1. The number of aromatic amines is 1. The van der Waals surface area contributed by atoms with E-state index >= 15 is 0 Å². The zero-order chi connectivity index (χ0) is 27.7. The van der Waals surface area contributed by atoms with E-state index in [0.29, 0.717) is 18.7 Å². The number of H-pyrrole nitrogens is 1. The van der Waals surface area contributed by atoms with Gasteiger partial charge in [0.25, 0.3) is 0 Å². The molecule has 206 valence electrons. The molecule has 0 radical (unpaired) electrons. The van der Waals surface area contributed by atoms with Crippen LogP contribution >= 0.6 is 0 Å². The van der Waals surface area contributed by atoms with Crippen molar-refractivity contribution in [1.82, 2.24) is 20.0 Å². The van der Waals surface area contributed by atoms with E-state index in [1.807, 2.05) is 12.3 Å². The van der Waals surface area contributed by atoms with Crippen LogP contribution in [0.2, 0.25) is 0 Å². The lowest BCUT2D eigenvalue weighted by Crippen LogP contribution is -2.37. The Hall–Kier alpha value is -3.46. The molecule has 0 fully saturated rings. The number of sulfonamides is 1. The third kappa shape index (κ3) is 8.26. The first kappa shape index (κ1) is 28.5. The van der Waals surface area contributed by atoms with Crippen molar-refractivity contribution in [3.8, 4) is 5.75 Å². The van der Waals surface area contributed by atoms with E-state index in [-0.39, 0.29) is 10.4 Å². The fourth-order valence-electron chi connectivity index (χ4n) is 4.45. The van der Waals surface area contributed by atoms with Gasteiger partial charge in [0.05, 0.1) is 12.0 Å². The van der Waals surface area contributed by atoms with Gasteiger partial charge in [-0.1, -0.05) is 54.6 Å². The number of rotatable bonds is 14. The van der Waals surface area contributed by atoms with Crippen LogP contribution in [-0.4, -0.2) is 38.6 Å². The maximum Gasteiger partial charge on any atom is 0.240 e. The van der Waals surface area contributed by atoms with Crippen molar-refractivity contribution in [3.05, 3.63) is 113 Å². The minimum absolute atomic E-state index is 0.184. The van der Waals surface area contributed by atoms with Crippen LogP contribution in [-0.2, 0) is 34.8 Å². The van der Waals surface area contributed by atoms with Crippen LogP contribution in [0.15, 0.2) is 90.0 Å². The Morgan fingerprint density at radius 1 is 0.872 bits per heavy atom. The number of nitrogens with one attached hydrogen (secondary N) is 3. The predicted molar refractivity (Wildman–Crippen MR) is 156 cm³/mol. The number of hydrogen-bond acceptors (Lipinski definition) is 5. The number of aromatic nitrogens is 2. The maximum absolute atomic E-state index is 12.5. The van der Waals surface area contributed by atoms with E-state index in [1.54, 1.807) is 31.4 Å². The third-order valence-electron chi connectivity index (χ3n) is 6.83. The fraction of sp³-hybridized carbons (Fsp3) is 0.323. The van der Waals surface area contributed by atoms with Gasteiger partial charge in [-0.2, -0.15) is 0 Å². The molecule has 1 aromatic heterocycles. The smallest absolute Gasteiger partial charge is 0.240 e. The van der Waals surface area contributed by atoms with E-state index < -0.39 is 10.0 Å². The average molecular weight is 547 g/mol. The minimum Gasteiger partial charge on any atom is -0.497 e. The first-order valence-electron chi connectivity index (χ1n) is 13.3. The molecule has 39 heavy (non-hydrogen) atoms. The molecule has 0 spiro atoms. The minimum atomic E-state index is -3.56. The molecule has 4 aromatic rings. The highest BCUT2D eigenvalue weighted by Gasteiger charge is 2.19. The number of ether oxygens (including phenoxy) is 1. The Morgan fingerprint density at radius 3 is 2.28 bits per heavy atom. The van der Waals surface area contributed by atoms with Crippen LogP contribution in [0, 0.1) is 0 Å². The Balaban J connectivity index is 1.20. The van der Waals surface area contributed by atoms with E-state index in [9.17, 15) is 8.42 Å². The lowest BCUT2D eigenvalue weighted by molar-refractivity contribution is 0.399. The molecule has 0 atom stereocenters. The fourth-order valence-corrected chi connectivity index (χ4v) is 5.49. The predicted octanol–water partition coefficient (Wildman–Crippen LogP) is 4.99. The van der Waals surface area contributed by atoms with Crippen LogP contribution < -0.4 is 14.8 Å². The van der Waals surface area contributed by atoms with Crippen molar-refractivity contribution in [3.63, 3.8) is 0 Å². The molecule has 3 N–H and O–H groups in total. The second kappa shape index (κ2) is 13.1. The highest BCUT2D eigenvalue weighted by Crippen LogP contribution is 2.21. The molecule has 0 aliphatic rings. The molecular weight excluding hydrogens is 508 g/mol. The van der Waals surface area contributed by atoms with Gasteiger partial charge in [-0.25, -0.2) is 18.1 Å². The highest BCUT2D eigenvalue weighted by molar-refractivity contribution is 7.89. The Bertz CT molecular complexity index is 1410. The largest absolute Gasteiger partial charge is 0.497 e. The van der Waals surface area contributed by atoms with Crippen molar-refractivity contribution < 1.29 is 13.2 Å². The summed E-state index contributed by atoms with van der Waals surface area (Å²) in [5.74, 6) is 1.64. The summed E-state index contributed by atoms with van der Waals surface area (Å²) in [6.07, 6.45) is 5.28. The van der Waals surface area contributed by atoms with E-state index in [2.05, 4.69) is 82.4 Å². The molecule has 0 saturated carbocycles. The number of benzene rings is 3. The molecule has 0 unspecified atom stereocenters. The van der Waals surface area contributed by atoms with Gasteiger partial charge in [0.15, 0.2) is 0 Å². The topological polar surface area (TPSA) is 96.1 Å². The second-order valence-electron chi connectivity index (χ2n) is 10.2. The third-order valence-corrected chi connectivity index (χ3v) is 8.30. The lowest BCUT2D eigenvalue weighted by atomic mass is 9.93. The summed E-state index contributed by atoms with van der Waals surface area (Å²) in [4.78, 5) is 8.23. The van der Waals surface area contributed by atoms with Crippen molar-refractivity contribution in [2.24, 2.45) is 0 Å². The maximum atomic E-state index is 12.5. The van der Waals surface area contributed by atoms with Gasteiger partial charge in [0.1, 0.15) is 11.6 Å². The summed E-state index contributed by atoms with van der Waals surface area (Å²) < 4.78 is 32.8. The standard InChI is InChI=1S/C31H38N4O3S/c1-31(2,33-20-7-10-30-32-23-27(35-30)22-25-8-5-4-6-9-25)26-13-11-24(12-14-26)19-21-34-39(36,37)29-17-15-28(38-3)16-18-29/h4-6,8-9,11-18,23,33-34H,7,10,19-22H2,1-3H3,(H,32,35). The van der Waals surface area contributed by atoms with Crippen LogP contribution in [0.4, 0.5) is 0 Å². The molecule has 0 amide bonds. The molecule has 8 heteroatoms. The number of aryl methyl sites for hydroxylation is 1. The molecule has 1 heterocycles. The van der Waals surface area contributed by atoms with Gasteiger partial charge in [-0.15, -0.1) is 0 Å². The first-order chi connectivity index (χ1) is 18.7. The van der Waals surface area contributed by atoms with Gasteiger partial charge in [0.2, 0.25) is 10.0 Å². The zero-order valence-corrected chi connectivity index (χ0v) is 23.7. The van der Waals surface area contributed by atoms with Gasteiger partial charge >= 0.3 is 0 Å². The summed E-state index contributed by atoms with van der Waals surface area (Å²) in [7, 11) is -2.00. The van der Waals surface area contributed by atoms with Crippen molar-refractivity contribution >= 4 is 10.0 Å². The van der Waals surface area contributed by atoms with Gasteiger partial charge in [-0.05, 0) is 74.2 Å². The lowest BCUT2D eigenvalue weighted by Gasteiger charge is -2.27. The number of methoxy groups -OCH3 is 1. The second-order valence-corrected chi connectivity index (χ2v) is 12.0. The highest BCUT2D eigenvalue weighted by atomic mass is 32.2. The number of hydrogen-bond donors (Lipinski definition) is 3. The van der Waals surface area contributed by atoms with Gasteiger partial charge in [0, 0.05) is 36.8 Å². The van der Waals surface area contributed by atoms with Crippen LogP contribution in [0.3, 0.4) is 0 Å².